The van der Waals surface area contributed by atoms with Gasteiger partial charge in [0, 0.05) is 16.5 Å². The first-order valence-electron chi connectivity index (χ1n) is 12.2. The summed E-state index contributed by atoms with van der Waals surface area (Å²) in [7, 11) is 0. The van der Waals surface area contributed by atoms with Crippen LogP contribution in [0.25, 0.3) is 54.9 Å². The summed E-state index contributed by atoms with van der Waals surface area (Å²) in [5.41, 5.74) is 5.75. The zero-order valence-electron chi connectivity index (χ0n) is 19.6. The third kappa shape index (κ3) is 3.11. The summed E-state index contributed by atoms with van der Waals surface area (Å²) in [6.45, 7) is 0. The van der Waals surface area contributed by atoms with E-state index < -0.39 is 0 Å². The standard InChI is InChI=1S/C32H19N3O2/c1-2-8-21-17-22(14-13-20(21)7-1)35(23-18-26-24-9-3-5-11-27(24)37-32(26)33-19-23)30-16-15-29-31(34-30)25-10-4-6-12-28(25)36-29/h1-19H. The molecule has 0 atom stereocenters. The van der Waals surface area contributed by atoms with Crippen molar-refractivity contribution in [3.8, 4) is 0 Å². The van der Waals surface area contributed by atoms with Crippen LogP contribution in [0, 0.1) is 0 Å². The monoisotopic (exact) mass is 477 g/mol. The maximum atomic E-state index is 6.05. The van der Waals surface area contributed by atoms with Gasteiger partial charge in [0.25, 0.3) is 0 Å². The van der Waals surface area contributed by atoms with Crippen LogP contribution in [0.1, 0.15) is 0 Å². The van der Waals surface area contributed by atoms with E-state index in [2.05, 4.69) is 59.5 Å². The van der Waals surface area contributed by atoms with Crippen LogP contribution in [-0.2, 0) is 0 Å². The van der Waals surface area contributed by atoms with Crippen molar-refractivity contribution in [2.75, 3.05) is 4.90 Å². The van der Waals surface area contributed by atoms with Crippen molar-refractivity contribution < 1.29 is 8.83 Å². The first-order chi connectivity index (χ1) is 18.3. The number of benzene rings is 4. The zero-order chi connectivity index (χ0) is 24.3. The van der Waals surface area contributed by atoms with Crippen molar-refractivity contribution in [1.29, 1.82) is 0 Å². The lowest BCUT2D eigenvalue weighted by Crippen LogP contribution is -2.11. The number of pyridine rings is 2. The Morgan fingerprint density at radius 1 is 0.541 bits per heavy atom. The van der Waals surface area contributed by atoms with Crippen molar-refractivity contribution in [2.45, 2.75) is 0 Å². The van der Waals surface area contributed by atoms with Crippen LogP contribution in [0.3, 0.4) is 0 Å². The van der Waals surface area contributed by atoms with Gasteiger partial charge >= 0.3 is 0 Å². The molecule has 174 valence electrons. The van der Waals surface area contributed by atoms with Crippen molar-refractivity contribution in [3.05, 3.63) is 115 Å². The third-order valence-electron chi connectivity index (χ3n) is 6.90. The minimum absolute atomic E-state index is 0.618. The maximum absolute atomic E-state index is 6.05. The highest BCUT2D eigenvalue weighted by Crippen LogP contribution is 2.39. The Labute approximate surface area is 211 Å². The highest BCUT2D eigenvalue weighted by Gasteiger charge is 2.19. The molecule has 4 heterocycles. The predicted molar refractivity (Wildman–Crippen MR) is 149 cm³/mol. The van der Waals surface area contributed by atoms with E-state index in [0.29, 0.717) is 5.71 Å². The zero-order valence-corrected chi connectivity index (χ0v) is 19.6. The molecule has 0 unspecified atom stereocenters. The average Bonchev–Trinajstić information content (AvgIpc) is 3.51. The Bertz CT molecular complexity index is 2010. The molecule has 0 N–H and O–H groups in total. The SMILES string of the molecule is c1ccc2cc(N(c3cnc4oc5ccccc5c4c3)c3ccc4oc5ccccc5c4n3)ccc2c1. The van der Waals surface area contributed by atoms with E-state index in [1.165, 1.54) is 5.39 Å². The van der Waals surface area contributed by atoms with Gasteiger partial charge in [-0.05, 0) is 59.3 Å². The quantitative estimate of drug-likeness (QED) is 0.254. The Hall–Kier alpha value is -5.16. The van der Waals surface area contributed by atoms with Gasteiger partial charge in [0.05, 0.1) is 17.3 Å². The fourth-order valence-electron chi connectivity index (χ4n) is 5.16. The molecule has 5 nitrogen and oxygen atoms in total. The number of nitrogens with zero attached hydrogens (tertiary/aromatic N) is 3. The normalized spacial score (nSPS) is 11.8. The number of rotatable bonds is 3. The molecule has 8 aromatic rings. The lowest BCUT2D eigenvalue weighted by molar-refractivity contribution is 0.654. The number of furan rings is 2. The van der Waals surface area contributed by atoms with E-state index in [9.17, 15) is 0 Å². The number of aromatic nitrogens is 2. The number of hydrogen-bond acceptors (Lipinski definition) is 5. The number of fused-ring (bicyclic) bond motifs is 7. The van der Waals surface area contributed by atoms with Gasteiger partial charge in [-0.3, -0.25) is 4.90 Å². The number of anilines is 3. The molecule has 0 fully saturated rings. The molecule has 0 bridgehead atoms. The van der Waals surface area contributed by atoms with Gasteiger partial charge in [-0.15, -0.1) is 0 Å². The summed E-state index contributed by atoms with van der Waals surface area (Å²) in [6.07, 6.45) is 1.85. The first-order valence-corrected chi connectivity index (χ1v) is 12.2. The van der Waals surface area contributed by atoms with E-state index in [1.807, 2.05) is 60.8 Å². The summed E-state index contributed by atoms with van der Waals surface area (Å²) < 4.78 is 12.0. The van der Waals surface area contributed by atoms with E-state index in [4.69, 9.17) is 18.8 Å². The largest absolute Gasteiger partial charge is 0.454 e. The molecular formula is C32H19N3O2. The molecule has 0 aliphatic carbocycles. The molecule has 37 heavy (non-hydrogen) atoms. The number of hydrogen-bond donors (Lipinski definition) is 0. The second-order valence-corrected chi connectivity index (χ2v) is 9.13. The molecule has 0 amide bonds. The molecule has 8 rings (SSSR count). The molecular weight excluding hydrogens is 458 g/mol. The van der Waals surface area contributed by atoms with Crippen LogP contribution in [0.2, 0.25) is 0 Å². The smallest absolute Gasteiger partial charge is 0.227 e. The minimum Gasteiger partial charge on any atom is -0.454 e. The van der Waals surface area contributed by atoms with Gasteiger partial charge in [0.2, 0.25) is 5.71 Å². The molecule has 5 heteroatoms. The summed E-state index contributed by atoms with van der Waals surface area (Å²) in [4.78, 5) is 11.9. The summed E-state index contributed by atoms with van der Waals surface area (Å²) in [5, 5.41) is 5.34. The van der Waals surface area contributed by atoms with Crippen LogP contribution < -0.4 is 4.90 Å². The lowest BCUT2D eigenvalue weighted by Gasteiger charge is -2.24. The molecule has 0 saturated carbocycles. The predicted octanol–water partition coefficient (Wildman–Crippen LogP) is 8.90. The Kier molecular flexibility index (Phi) is 4.16. The van der Waals surface area contributed by atoms with Crippen LogP contribution in [0.4, 0.5) is 17.2 Å². The van der Waals surface area contributed by atoms with Gasteiger partial charge in [-0.2, -0.15) is 0 Å². The molecule has 0 aliphatic rings. The van der Waals surface area contributed by atoms with E-state index >= 15 is 0 Å². The molecule has 4 aromatic heterocycles. The van der Waals surface area contributed by atoms with Gasteiger partial charge in [-0.1, -0.05) is 60.7 Å². The van der Waals surface area contributed by atoms with Crippen LogP contribution in [0.15, 0.2) is 124 Å². The average molecular weight is 478 g/mol. The van der Waals surface area contributed by atoms with E-state index in [0.717, 1.165) is 61.0 Å². The van der Waals surface area contributed by atoms with Gasteiger partial charge < -0.3 is 8.83 Å². The van der Waals surface area contributed by atoms with Crippen molar-refractivity contribution in [3.63, 3.8) is 0 Å². The van der Waals surface area contributed by atoms with Crippen LogP contribution >= 0.6 is 0 Å². The van der Waals surface area contributed by atoms with Crippen LogP contribution in [0.5, 0.6) is 0 Å². The Balaban J connectivity index is 1.40. The molecule has 0 spiro atoms. The molecule has 0 radical (unpaired) electrons. The van der Waals surface area contributed by atoms with Gasteiger partial charge in [0.15, 0.2) is 5.58 Å². The van der Waals surface area contributed by atoms with Crippen LogP contribution in [-0.4, -0.2) is 9.97 Å². The summed E-state index contributed by atoms with van der Waals surface area (Å²) in [5.74, 6) is 0.781. The summed E-state index contributed by atoms with van der Waals surface area (Å²) >= 11 is 0. The second kappa shape index (κ2) is 7.67. The van der Waals surface area contributed by atoms with Gasteiger partial charge in [0.1, 0.15) is 22.5 Å². The molecule has 0 aliphatic heterocycles. The third-order valence-corrected chi connectivity index (χ3v) is 6.90. The first kappa shape index (κ1) is 20.1. The lowest BCUT2D eigenvalue weighted by atomic mass is 10.1. The van der Waals surface area contributed by atoms with E-state index in [-0.39, 0.29) is 0 Å². The van der Waals surface area contributed by atoms with Crippen molar-refractivity contribution >= 4 is 72.1 Å². The van der Waals surface area contributed by atoms with Crippen molar-refractivity contribution in [2.24, 2.45) is 0 Å². The fraction of sp³-hybridized carbons (Fsp3) is 0. The maximum Gasteiger partial charge on any atom is 0.227 e. The minimum atomic E-state index is 0.618. The highest BCUT2D eigenvalue weighted by molar-refractivity contribution is 6.06. The second-order valence-electron chi connectivity index (χ2n) is 9.13. The Morgan fingerprint density at radius 3 is 2.19 bits per heavy atom. The summed E-state index contributed by atoms with van der Waals surface area (Å²) in [6, 6.07) is 37.0. The Morgan fingerprint density at radius 2 is 1.30 bits per heavy atom. The molecule has 0 saturated heterocycles. The fourth-order valence-corrected chi connectivity index (χ4v) is 5.16. The highest BCUT2D eigenvalue weighted by atomic mass is 16.3. The van der Waals surface area contributed by atoms with Gasteiger partial charge in [-0.25, -0.2) is 9.97 Å². The molecule has 4 aromatic carbocycles. The topological polar surface area (TPSA) is 55.3 Å². The van der Waals surface area contributed by atoms with E-state index in [1.54, 1.807) is 0 Å². The van der Waals surface area contributed by atoms with Crippen molar-refractivity contribution in [1.82, 2.24) is 9.97 Å². The number of para-hydroxylation sites is 2.